The van der Waals surface area contributed by atoms with Gasteiger partial charge < -0.3 is 4.57 Å². The van der Waals surface area contributed by atoms with Crippen molar-refractivity contribution in [3.63, 3.8) is 0 Å². The Bertz CT molecular complexity index is 1040. The van der Waals surface area contributed by atoms with Crippen molar-refractivity contribution >= 4 is 18.6 Å². The number of aromatic nitrogens is 2. The van der Waals surface area contributed by atoms with E-state index in [2.05, 4.69) is 72.9 Å². The molecule has 3 rings (SSSR count). The SMILES string of the molecule is C=Nc1ccc(C)cc1-c1c(CC)nc(CC(=C/C)/N=C\C(=C)C)n1[C@@H]1CCC[C@H](C)C1. The average Bonchev–Trinajstić information content (AvgIpc) is 3.14. The predicted molar refractivity (Wildman–Crippen MR) is 138 cm³/mol. The molecule has 0 bridgehead atoms. The molecule has 2 atom stereocenters. The topological polar surface area (TPSA) is 42.5 Å². The first kappa shape index (κ1) is 23.9. The Morgan fingerprint density at radius 3 is 2.72 bits per heavy atom. The molecule has 0 amide bonds. The van der Waals surface area contributed by atoms with Gasteiger partial charge in [-0.3, -0.25) is 9.98 Å². The van der Waals surface area contributed by atoms with Crippen LogP contribution in [-0.2, 0) is 12.8 Å². The van der Waals surface area contributed by atoms with Crippen molar-refractivity contribution in [2.24, 2.45) is 15.9 Å². The second kappa shape index (κ2) is 10.7. The van der Waals surface area contributed by atoms with Crippen molar-refractivity contribution in [3.8, 4) is 11.3 Å². The lowest BCUT2D eigenvalue weighted by Gasteiger charge is -2.31. The second-order valence-corrected chi connectivity index (χ2v) is 9.21. The maximum atomic E-state index is 5.19. The zero-order valence-electron chi connectivity index (χ0n) is 20.5. The molecule has 0 unspecified atom stereocenters. The Balaban J connectivity index is 2.21. The third kappa shape index (κ3) is 5.35. The van der Waals surface area contributed by atoms with Crippen LogP contribution in [-0.4, -0.2) is 22.5 Å². The van der Waals surface area contributed by atoms with Crippen LogP contribution in [0.1, 0.15) is 76.5 Å². The second-order valence-electron chi connectivity index (χ2n) is 9.21. The van der Waals surface area contributed by atoms with Crippen molar-refractivity contribution in [1.29, 1.82) is 0 Å². The summed E-state index contributed by atoms with van der Waals surface area (Å²) >= 11 is 0. The van der Waals surface area contributed by atoms with Crippen LogP contribution in [0, 0.1) is 12.8 Å². The van der Waals surface area contributed by atoms with E-state index in [0.29, 0.717) is 12.5 Å². The third-order valence-corrected chi connectivity index (χ3v) is 6.37. The van der Waals surface area contributed by atoms with Gasteiger partial charge in [0.25, 0.3) is 0 Å². The molecule has 1 aromatic carbocycles. The molecule has 0 spiro atoms. The number of aryl methyl sites for hydroxylation is 2. The van der Waals surface area contributed by atoms with Crippen LogP contribution in [0.15, 0.2) is 52.1 Å². The van der Waals surface area contributed by atoms with Gasteiger partial charge in [-0.15, -0.1) is 0 Å². The Kier molecular flexibility index (Phi) is 8.00. The van der Waals surface area contributed by atoms with Crippen molar-refractivity contribution in [3.05, 3.63) is 59.2 Å². The van der Waals surface area contributed by atoms with Crippen molar-refractivity contribution in [1.82, 2.24) is 9.55 Å². The smallest absolute Gasteiger partial charge is 0.115 e. The summed E-state index contributed by atoms with van der Waals surface area (Å²) in [6, 6.07) is 6.86. The highest BCUT2D eigenvalue weighted by Gasteiger charge is 2.28. The number of imidazole rings is 1. The van der Waals surface area contributed by atoms with Crippen molar-refractivity contribution in [2.45, 2.75) is 79.2 Å². The molecule has 32 heavy (non-hydrogen) atoms. The molecule has 1 fully saturated rings. The van der Waals surface area contributed by atoms with Crippen LogP contribution in [0.3, 0.4) is 0 Å². The Labute approximate surface area is 193 Å². The zero-order chi connectivity index (χ0) is 23.3. The number of allylic oxidation sites excluding steroid dienone is 3. The van der Waals surface area contributed by atoms with Gasteiger partial charge in [-0.2, -0.15) is 0 Å². The Morgan fingerprint density at radius 2 is 2.09 bits per heavy atom. The first-order valence-corrected chi connectivity index (χ1v) is 11.9. The maximum Gasteiger partial charge on any atom is 0.115 e. The minimum Gasteiger partial charge on any atom is -0.324 e. The van der Waals surface area contributed by atoms with Crippen molar-refractivity contribution < 1.29 is 0 Å². The van der Waals surface area contributed by atoms with Gasteiger partial charge in [0.2, 0.25) is 0 Å². The number of hydrogen-bond acceptors (Lipinski definition) is 3. The van der Waals surface area contributed by atoms with Crippen LogP contribution in [0.2, 0.25) is 0 Å². The van der Waals surface area contributed by atoms with E-state index < -0.39 is 0 Å². The Hall–Kier alpha value is -2.75. The average molecular weight is 431 g/mol. The molecular weight excluding hydrogens is 392 g/mol. The zero-order valence-corrected chi connectivity index (χ0v) is 20.5. The molecule has 1 aliphatic carbocycles. The molecule has 0 N–H and O–H groups in total. The van der Waals surface area contributed by atoms with Gasteiger partial charge in [0.15, 0.2) is 0 Å². The summed E-state index contributed by atoms with van der Waals surface area (Å²) in [6.07, 6.45) is 10.4. The number of hydrogen-bond donors (Lipinski definition) is 0. The van der Waals surface area contributed by atoms with Crippen LogP contribution in [0.4, 0.5) is 5.69 Å². The van der Waals surface area contributed by atoms with E-state index in [-0.39, 0.29) is 0 Å². The molecule has 0 saturated heterocycles. The molecule has 1 saturated carbocycles. The van der Waals surface area contributed by atoms with Crippen LogP contribution in [0.25, 0.3) is 11.3 Å². The van der Waals surface area contributed by atoms with E-state index in [1.54, 1.807) is 0 Å². The van der Waals surface area contributed by atoms with Gasteiger partial charge in [-0.05, 0) is 70.4 Å². The fourth-order valence-electron chi connectivity index (χ4n) is 4.77. The predicted octanol–water partition coefficient (Wildman–Crippen LogP) is 7.60. The van der Waals surface area contributed by atoms with Gasteiger partial charge in [0.05, 0.1) is 17.1 Å². The minimum atomic E-state index is 0.443. The largest absolute Gasteiger partial charge is 0.324 e. The fourth-order valence-corrected chi connectivity index (χ4v) is 4.77. The lowest BCUT2D eigenvalue weighted by molar-refractivity contribution is 0.280. The monoisotopic (exact) mass is 430 g/mol. The molecule has 4 heteroatoms. The quantitative estimate of drug-likeness (QED) is 0.398. The third-order valence-electron chi connectivity index (χ3n) is 6.37. The van der Waals surface area contributed by atoms with Gasteiger partial charge in [0.1, 0.15) is 5.82 Å². The van der Waals surface area contributed by atoms with Crippen LogP contribution >= 0.6 is 0 Å². The van der Waals surface area contributed by atoms with Crippen molar-refractivity contribution in [2.75, 3.05) is 0 Å². The fraction of sp³-hybridized carbons (Fsp3) is 0.464. The normalized spacial score (nSPS) is 19.5. The van der Waals surface area contributed by atoms with E-state index in [1.165, 1.54) is 36.9 Å². The lowest BCUT2D eigenvalue weighted by Crippen LogP contribution is -2.20. The standard InChI is InChI=1S/C28H38N4/c1-8-22(30-18-19(3)4)17-27-31-25(9-2)28(24-16-21(6)13-14-26(24)29-7)32(27)23-12-10-11-20(5)15-23/h8,13-14,16,18,20,23H,3,7,9-12,15,17H2,1-2,4-6H3/b22-8-,30-18-/t20-,23+/m0/s1. The van der Waals surface area contributed by atoms with E-state index in [1.807, 2.05) is 20.1 Å². The first-order chi connectivity index (χ1) is 15.4. The molecule has 0 radical (unpaired) electrons. The summed E-state index contributed by atoms with van der Waals surface area (Å²) in [5, 5.41) is 0. The number of nitrogens with zero attached hydrogens (tertiary/aromatic N) is 4. The van der Waals surface area contributed by atoms with Gasteiger partial charge >= 0.3 is 0 Å². The van der Waals surface area contributed by atoms with Gasteiger partial charge in [-0.1, -0.05) is 51.0 Å². The highest BCUT2D eigenvalue weighted by Crippen LogP contribution is 2.41. The van der Waals surface area contributed by atoms with Gasteiger partial charge in [-0.25, -0.2) is 4.98 Å². The molecular formula is C28H38N4. The molecule has 1 aliphatic rings. The lowest BCUT2D eigenvalue weighted by atomic mass is 9.86. The summed E-state index contributed by atoms with van der Waals surface area (Å²) in [5.74, 6) is 1.82. The van der Waals surface area contributed by atoms with E-state index >= 15 is 0 Å². The molecule has 4 nitrogen and oxygen atoms in total. The van der Waals surface area contributed by atoms with E-state index in [0.717, 1.165) is 46.4 Å². The minimum absolute atomic E-state index is 0.443. The summed E-state index contributed by atoms with van der Waals surface area (Å²) in [7, 11) is 0. The highest BCUT2D eigenvalue weighted by molar-refractivity contribution is 5.78. The maximum absolute atomic E-state index is 5.19. The number of aliphatic imine (C=N–C) groups is 2. The summed E-state index contributed by atoms with van der Waals surface area (Å²) in [4.78, 5) is 14.2. The number of rotatable bonds is 8. The highest BCUT2D eigenvalue weighted by atomic mass is 15.1. The Morgan fingerprint density at radius 1 is 1.31 bits per heavy atom. The van der Waals surface area contributed by atoms with Crippen LogP contribution in [0.5, 0.6) is 0 Å². The first-order valence-electron chi connectivity index (χ1n) is 11.9. The summed E-state index contributed by atoms with van der Waals surface area (Å²) < 4.78 is 2.53. The molecule has 2 aromatic rings. The van der Waals surface area contributed by atoms with Gasteiger partial charge in [0, 0.05) is 29.9 Å². The number of benzene rings is 1. The molecule has 0 aliphatic heterocycles. The molecule has 170 valence electrons. The van der Waals surface area contributed by atoms with Crippen LogP contribution < -0.4 is 0 Å². The molecule has 1 aromatic heterocycles. The van der Waals surface area contributed by atoms with E-state index in [9.17, 15) is 0 Å². The van der Waals surface area contributed by atoms with E-state index in [4.69, 9.17) is 4.98 Å². The summed E-state index contributed by atoms with van der Waals surface area (Å²) in [5.41, 5.74) is 7.60. The summed E-state index contributed by atoms with van der Waals surface area (Å²) in [6.45, 7) is 18.5. The molecule has 1 heterocycles.